The molecule has 0 saturated heterocycles. The van der Waals surface area contributed by atoms with Gasteiger partial charge in [0.2, 0.25) is 11.8 Å². The zero-order chi connectivity index (χ0) is 25.9. The number of aromatic amines is 1. The van der Waals surface area contributed by atoms with Crippen LogP contribution in [0.5, 0.6) is 11.6 Å². The highest BCUT2D eigenvalue weighted by atomic mass is 16.5. The Morgan fingerprint density at radius 1 is 1.08 bits per heavy atom. The Morgan fingerprint density at radius 2 is 1.84 bits per heavy atom. The van der Waals surface area contributed by atoms with Gasteiger partial charge in [-0.15, -0.1) is 0 Å². The van der Waals surface area contributed by atoms with Crippen LogP contribution in [0.15, 0.2) is 77.9 Å². The Kier molecular flexibility index (Phi) is 6.21. The highest BCUT2D eigenvalue weighted by Crippen LogP contribution is 2.31. The summed E-state index contributed by atoms with van der Waals surface area (Å²) in [6.07, 6.45) is 1.51. The lowest BCUT2D eigenvalue weighted by Crippen LogP contribution is -2.12. The van der Waals surface area contributed by atoms with Crippen LogP contribution in [0.4, 0.5) is 0 Å². The van der Waals surface area contributed by atoms with Gasteiger partial charge in [-0.3, -0.25) is 4.79 Å². The Bertz CT molecular complexity index is 1640. The fourth-order valence-corrected chi connectivity index (χ4v) is 3.77. The molecule has 5 rings (SSSR count). The van der Waals surface area contributed by atoms with Crippen molar-refractivity contribution >= 4 is 29.1 Å². The van der Waals surface area contributed by atoms with Crippen LogP contribution in [0.25, 0.3) is 28.1 Å². The molecular formula is C27H22N6O4. The molecule has 0 radical (unpaired) electrons. The van der Waals surface area contributed by atoms with Crippen molar-refractivity contribution in [1.82, 2.24) is 25.2 Å². The van der Waals surface area contributed by atoms with Crippen LogP contribution < -0.4 is 10.2 Å². The molecule has 10 heteroatoms. The van der Waals surface area contributed by atoms with Crippen LogP contribution in [0.1, 0.15) is 28.5 Å². The van der Waals surface area contributed by atoms with Gasteiger partial charge < -0.3 is 14.8 Å². The molecule has 0 unspecified atom stereocenters. The molecule has 184 valence electrons. The largest absolute Gasteiger partial charge is 0.478 e. The van der Waals surface area contributed by atoms with E-state index in [2.05, 4.69) is 25.6 Å². The zero-order valence-corrected chi connectivity index (χ0v) is 20.0. The van der Waals surface area contributed by atoms with Gasteiger partial charge >= 0.3 is 5.97 Å². The number of H-pyrrole nitrogens is 1. The molecule has 37 heavy (non-hydrogen) atoms. The Labute approximate surface area is 211 Å². The van der Waals surface area contributed by atoms with Gasteiger partial charge in [-0.05, 0) is 61.5 Å². The molecule has 0 atom stereocenters. The molecule has 3 aromatic carbocycles. The zero-order valence-electron chi connectivity index (χ0n) is 20.0. The van der Waals surface area contributed by atoms with Crippen LogP contribution in [-0.2, 0) is 4.79 Å². The molecule has 2 heterocycles. The number of ether oxygens (including phenoxy) is 1. The van der Waals surface area contributed by atoms with Gasteiger partial charge in [0, 0.05) is 12.5 Å². The van der Waals surface area contributed by atoms with Gasteiger partial charge in [0.15, 0.2) is 0 Å². The number of amides is 1. The fourth-order valence-electron chi connectivity index (χ4n) is 3.77. The molecule has 1 amide bonds. The molecule has 0 saturated carbocycles. The van der Waals surface area contributed by atoms with E-state index in [0.29, 0.717) is 39.7 Å². The normalized spacial score (nSPS) is 11.2. The van der Waals surface area contributed by atoms with Gasteiger partial charge in [-0.2, -0.15) is 14.9 Å². The molecule has 0 aliphatic rings. The molecule has 5 aromatic rings. The second-order valence-corrected chi connectivity index (χ2v) is 8.23. The van der Waals surface area contributed by atoms with Crippen LogP contribution in [0.3, 0.4) is 0 Å². The van der Waals surface area contributed by atoms with Crippen molar-refractivity contribution in [3.05, 3.63) is 89.6 Å². The number of carboxylic acid groups (broad SMARTS) is 1. The summed E-state index contributed by atoms with van der Waals surface area (Å²) in [5.74, 6) is 0.324. The van der Waals surface area contributed by atoms with E-state index in [1.807, 2.05) is 49.4 Å². The van der Waals surface area contributed by atoms with Gasteiger partial charge in [-0.1, -0.05) is 18.2 Å². The average Bonchev–Trinajstić information content (AvgIpc) is 3.45. The maximum Gasteiger partial charge on any atom is 0.335 e. The maximum atomic E-state index is 11.3. The number of hydrogen-bond acceptors (Lipinski definition) is 6. The highest BCUT2D eigenvalue weighted by molar-refractivity contribution is 5.93. The molecule has 0 bridgehead atoms. The number of hydrogen-bond donors (Lipinski definition) is 3. The number of fused-ring (bicyclic) bond motifs is 1. The number of rotatable bonds is 7. The van der Waals surface area contributed by atoms with Gasteiger partial charge in [0.25, 0.3) is 0 Å². The molecule has 0 aliphatic carbocycles. The topological polar surface area (TPSA) is 134 Å². The summed E-state index contributed by atoms with van der Waals surface area (Å²) in [7, 11) is 0. The summed E-state index contributed by atoms with van der Waals surface area (Å²) in [6, 6.07) is 21.6. The van der Waals surface area contributed by atoms with Crippen LogP contribution in [0, 0.1) is 6.92 Å². The second-order valence-electron chi connectivity index (χ2n) is 8.23. The van der Waals surface area contributed by atoms with E-state index in [1.165, 1.54) is 19.2 Å². The first-order valence-corrected chi connectivity index (χ1v) is 11.3. The third-order valence-corrected chi connectivity index (χ3v) is 5.55. The smallest absolute Gasteiger partial charge is 0.335 e. The lowest BCUT2D eigenvalue weighted by atomic mass is 10.2. The Morgan fingerprint density at radius 3 is 2.54 bits per heavy atom. The molecule has 0 fully saturated rings. The number of nitrogens with one attached hydrogen (secondary N) is 2. The van der Waals surface area contributed by atoms with Gasteiger partial charge in [0.05, 0.1) is 39.8 Å². The summed E-state index contributed by atoms with van der Waals surface area (Å²) in [4.78, 5) is 30.3. The maximum absolute atomic E-state index is 11.3. The van der Waals surface area contributed by atoms with Crippen molar-refractivity contribution < 1.29 is 19.4 Å². The molecule has 0 aliphatic heterocycles. The van der Waals surface area contributed by atoms with Crippen molar-refractivity contribution in [3.8, 4) is 28.7 Å². The Balaban J connectivity index is 1.47. The van der Waals surface area contributed by atoms with E-state index >= 15 is 0 Å². The van der Waals surface area contributed by atoms with Crippen LogP contribution in [0.2, 0.25) is 0 Å². The minimum atomic E-state index is -0.994. The summed E-state index contributed by atoms with van der Waals surface area (Å²) in [5.41, 5.74) is 6.81. The number of carboxylic acids is 1. The van der Waals surface area contributed by atoms with Crippen molar-refractivity contribution in [2.24, 2.45) is 5.10 Å². The molecule has 0 spiro atoms. The van der Waals surface area contributed by atoms with Crippen LogP contribution in [-0.4, -0.2) is 42.9 Å². The van der Waals surface area contributed by atoms with Gasteiger partial charge in [-0.25, -0.2) is 15.2 Å². The SMILES string of the molecule is CC(=O)N/N=C/c1c(C)nn(-c2ccccc2)c1Oc1ccc(-c2nc3ccc(C(=O)O)cc3[nH]2)cc1. The quantitative estimate of drug-likeness (QED) is 0.222. The number of aromatic nitrogens is 4. The number of benzene rings is 3. The first-order chi connectivity index (χ1) is 17.9. The number of carbonyl (C=O) groups is 2. The van der Waals surface area contributed by atoms with Crippen LogP contribution >= 0.6 is 0 Å². The third-order valence-electron chi connectivity index (χ3n) is 5.55. The van der Waals surface area contributed by atoms with E-state index < -0.39 is 5.97 Å². The summed E-state index contributed by atoms with van der Waals surface area (Å²) >= 11 is 0. The van der Waals surface area contributed by atoms with E-state index in [9.17, 15) is 14.7 Å². The lowest BCUT2D eigenvalue weighted by Gasteiger charge is -2.10. The minimum Gasteiger partial charge on any atom is -0.478 e. The summed E-state index contributed by atoms with van der Waals surface area (Å²) in [6.45, 7) is 3.21. The number of carbonyl (C=O) groups excluding carboxylic acids is 1. The second kappa shape index (κ2) is 9.78. The first kappa shape index (κ1) is 23.5. The number of hydrazone groups is 1. The predicted octanol–water partition coefficient (Wildman–Crippen LogP) is 4.68. The van der Waals surface area contributed by atoms with E-state index in [-0.39, 0.29) is 11.5 Å². The molecule has 2 aromatic heterocycles. The van der Waals surface area contributed by atoms with Crippen molar-refractivity contribution in [2.45, 2.75) is 13.8 Å². The number of aryl methyl sites for hydroxylation is 1. The monoisotopic (exact) mass is 494 g/mol. The minimum absolute atomic E-state index is 0.189. The van der Waals surface area contributed by atoms with E-state index in [1.54, 1.807) is 28.9 Å². The molecular weight excluding hydrogens is 472 g/mol. The summed E-state index contributed by atoms with van der Waals surface area (Å²) < 4.78 is 7.94. The lowest BCUT2D eigenvalue weighted by molar-refractivity contribution is -0.118. The third kappa shape index (κ3) is 4.94. The van der Waals surface area contributed by atoms with Gasteiger partial charge in [0.1, 0.15) is 11.6 Å². The van der Waals surface area contributed by atoms with E-state index in [0.717, 1.165) is 11.3 Å². The summed E-state index contributed by atoms with van der Waals surface area (Å²) in [5, 5.41) is 17.8. The number of nitrogens with zero attached hydrogens (tertiary/aromatic N) is 4. The van der Waals surface area contributed by atoms with Crippen molar-refractivity contribution in [2.75, 3.05) is 0 Å². The van der Waals surface area contributed by atoms with E-state index in [4.69, 9.17) is 4.74 Å². The average molecular weight is 495 g/mol. The fraction of sp³-hybridized carbons (Fsp3) is 0.0741. The predicted molar refractivity (Wildman–Crippen MR) is 138 cm³/mol. The highest BCUT2D eigenvalue weighted by Gasteiger charge is 2.18. The number of para-hydroxylation sites is 1. The molecule has 3 N–H and O–H groups in total. The Hall–Kier alpha value is -5.25. The number of aromatic carboxylic acids is 1. The van der Waals surface area contributed by atoms with Crippen molar-refractivity contribution in [3.63, 3.8) is 0 Å². The first-order valence-electron chi connectivity index (χ1n) is 11.3. The molecule has 10 nitrogen and oxygen atoms in total. The number of imidazole rings is 1. The standard InChI is InChI=1S/C27H22N6O4/c1-16-22(15-28-31-17(2)34)26(33(32-16)20-6-4-3-5-7-20)37-21-11-8-18(9-12-21)25-29-23-13-10-19(27(35)36)14-24(23)30-25/h3-15H,1-2H3,(H,29,30)(H,31,34)(H,35,36)/b28-15+. The van der Waals surface area contributed by atoms with Crippen molar-refractivity contribution in [1.29, 1.82) is 0 Å².